The first kappa shape index (κ1) is 22.5. The van der Waals surface area contributed by atoms with Crippen molar-refractivity contribution in [3.05, 3.63) is 96.4 Å². The van der Waals surface area contributed by atoms with E-state index in [1.54, 1.807) is 24.5 Å². The van der Waals surface area contributed by atoms with Crippen LogP contribution in [0.25, 0.3) is 22.6 Å². The minimum atomic E-state index is -1.27. The van der Waals surface area contributed by atoms with Gasteiger partial charge in [0.25, 0.3) is 0 Å². The third kappa shape index (κ3) is 5.56. The van der Waals surface area contributed by atoms with Gasteiger partial charge in [0.1, 0.15) is 16.7 Å². The number of carboxylic acid groups (broad SMARTS) is 1. The fraction of sp³-hybridized carbons (Fsp3) is 0.154. The number of hydrogen-bond acceptors (Lipinski definition) is 5. The Morgan fingerprint density at radius 3 is 2.30 bits per heavy atom. The van der Waals surface area contributed by atoms with Gasteiger partial charge in [-0.15, -0.1) is 0 Å². The Hall–Kier alpha value is -3.71. The molecule has 4 rings (SSSR count). The average Bonchev–Trinajstić information content (AvgIpc) is 3.27. The summed E-state index contributed by atoms with van der Waals surface area (Å²) in [6, 6.07) is 26.6. The van der Waals surface area contributed by atoms with E-state index in [9.17, 15) is 9.00 Å². The number of carboxylic acids is 1. The second kappa shape index (κ2) is 10.3. The van der Waals surface area contributed by atoms with Crippen LogP contribution in [0.5, 0.6) is 5.75 Å². The number of rotatable bonds is 9. The van der Waals surface area contributed by atoms with Gasteiger partial charge in [-0.25, -0.2) is 9.78 Å². The van der Waals surface area contributed by atoms with Crippen LogP contribution in [0.15, 0.2) is 89.3 Å². The number of hydrogen-bond donors (Lipinski definition) is 1. The van der Waals surface area contributed by atoms with Crippen molar-refractivity contribution in [3.63, 3.8) is 0 Å². The van der Waals surface area contributed by atoms with Gasteiger partial charge in [0.15, 0.2) is 12.4 Å². The van der Waals surface area contributed by atoms with Gasteiger partial charge in [-0.3, -0.25) is 4.21 Å². The van der Waals surface area contributed by atoms with Gasteiger partial charge >= 0.3 is 5.97 Å². The molecule has 0 spiro atoms. The molecule has 7 heteroatoms. The van der Waals surface area contributed by atoms with Crippen LogP contribution in [0.1, 0.15) is 16.7 Å². The molecule has 0 amide bonds. The average molecular weight is 462 g/mol. The highest BCUT2D eigenvalue weighted by Crippen LogP contribution is 2.36. The molecule has 0 saturated carbocycles. The Labute approximate surface area is 194 Å². The van der Waals surface area contributed by atoms with Crippen molar-refractivity contribution in [2.24, 2.45) is 0 Å². The van der Waals surface area contributed by atoms with Gasteiger partial charge in [0.2, 0.25) is 5.89 Å². The van der Waals surface area contributed by atoms with Crippen molar-refractivity contribution in [2.75, 3.05) is 12.9 Å². The largest absolute Gasteiger partial charge is 0.482 e. The molecule has 6 nitrogen and oxygen atoms in total. The minimum Gasteiger partial charge on any atom is -0.482 e. The molecule has 1 heterocycles. The number of nitrogens with zero attached hydrogens (tertiary/aromatic N) is 1. The molecule has 2 atom stereocenters. The Morgan fingerprint density at radius 1 is 1.00 bits per heavy atom. The van der Waals surface area contributed by atoms with Crippen LogP contribution in [0.3, 0.4) is 0 Å². The van der Waals surface area contributed by atoms with Crippen molar-refractivity contribution in [3.8, 4) is 28.3 Å². The smallest absolute Gasteiger partial charge is 0.341 e. The SMILES string of the molecule is CS(=O)C(Cc1cccc(OCC(=O)O)c1)c1nc(-c2ccccc2)c(-c2ccccc2)o1. The Bertz CT molecular complexity index is 1200. The van der Waals surface area contributed by atoms with E-state index < -0.39 is 28.6 Å². The third-order valence-electron chi connectivity index (χ3n) is 5.08. The van der Waals surface area contributed by atoms with Crippen LogP contribution in [-0.2, 0) is 22.0 Å². The number of aliphatic carboxylic acids is 1. The zero-order valence-corrected chi connectivity index (χ0v) is 18.8. The number of oxazole rings is 1. The van der Waals surface area contributed by atoms with Crippen molar-refractivity contribution in [2.45, 2.75) is 11.7 Å². The second-order valence-electron chi connectivity index (χ2n) is 7.48. The summed E-state index contributed by atoms with van der Waals surface area (Å²) < 4.78 is 24.3. The predicted molar refractivity (Wildman–Crippen MR) is 127 cm³/mol. The molecule has 0 fully saturated rings. The zero-order chi connectivity index (χ0) is 23.2. The van der Waals surface area contributed by atoms with E-state index in [4.69, 9.17) is 19.2 Å². The van der Waals surface area contributed by atoms with Gasteiger partial charge in [-0.05, 0) is 24.1 Å². The summed E-state index contributed by atoms with van der Waals surface area (Å²) in [6.45, 7) is -0.423. The molecule has 0 radical (unpaired) electrons. The summed E-state index contributed by atoms with van der Waals surface area (Å²) in [7, 11) is -1.27. The molecular weight excluding hydrogens is 438 g/mol. The van der Waals surface area contributed by atoms with Crippen molar-refractivity contribution in [1.29, 1.82) is 0 Å². The topological polar surface area (TPSA) is 89.6 Å². The summed E-state index contributed by atoms with van der Waals surface area (Å²) in [6.07, 6.45) is 2.03. The van der Waals surface area contributed by atoms with Crippen LogP contribution < -0.4 is 4.74 Å². The molecule has 3 aromatic carbocycles. The van der Waals surface area contributed by atoms with Gasteiger partial charge in [0.05, 0.1) is 0 Å². The summed E-state index contributed by atoms with van der Waals surface area (Å²) in [5, 5.41) is 8.35. The van der Waals surface area contributed by atoms with Gasteiger partial charge in [-0.2, -0.15) is 0 Å². The summed E-state index contributed by atoms with van der Waals surface area (Å²) >= 11 is 0. The lowest BCUT2D eigenvalue weighted by Gasteiger charge is -2.12. The molecule has 1 aromatic heterocycles. The van der Waals surface area contributed by atoms with E-state index >= 15 is 0 Å². The maximum atomic E-state index is 12.7. The van der Waals surface area contributed by atoms with Gasteiger partial charge < -0.3 is 14.3 Å². The molecular formula is C26H23NO5S. The number of ether oxygens (including phenoxy) is 1. The lowest BCUT2D eigenvalue weighted by Crippen LogP contribution is -2.11. The first-order chi connectivity index (χ1) is 16.0. The Balaban J connectivity index is 1.70. The maximum absolute atomic E-state index is 12.7. The highest BCUT2D eigenvalue weighted by atomic mass is 32.2. The number of benzene rings is 3. The predicted octanol–water partition coefficient (Wildman–Crippen LogP) is 5.13. The van der Waals surface area contributed by atoms with Crippen molar-refractivity contribution in [1.82, 2.24) is 4.98 Å². The second-order valence-corrected chi connectivity index (χ2v) is 9.05. The Kier molecular flexibility index (Phi) is 7.00. The molecule has 168 valence electrons. The molecule has 0 bridgehead atoms. The highest BCUT2D eigenvalue weighted by Gasteiger charge is 2.26. The lowest BCUT2D eigenvalue weighted by molar-refractivity contribution is -0.139. The number of carbonyl (C=O) groups is 1. The molecule has 1 N–H and O–H groups in total. The molecule has 0 aliphatic heterocycles. The first-order valence-electron chi connectivity index (χ1n) is 10.4. The normalized spacial score (nSPS) is 12.8. The lowest BCUT2D eigenvalue weighted by atomic mass is 10.1. The first-order valence-corrected chi connectivity index (χ1v) is 12.0. The minimum absolute atomic E-state index is 0.394. The van der Waals surface area contributed by atoms with E-state index in [1.165, 1.54) is 0 Å². The zero-order valence-electron chi connectivity index (χ0n) is 18.0. The van der Waals surface area contributed by atoms with Crippen molar-refractivity contribution >= 4 is 16.8 Å². The molecule has 0 aliphatic rings. The van der Waals surface area contributed by atoms with Crippen LogP contribution in [0.4, 0.5) is 0 Å². The van der Waals surface area contributed by atoms with Crippen LogP contribution >= 0.6 is 0 Å². The standard InChI is InChI=1S/C26H23NO5S/c1-33(30)22(16-18-9-8-14-21(15-18)31-17-23(28)29)26-27-24(19-10-4-2-5-11-19)25(32-26)20-12-6-3-7-13-20/h2-15,22H,16-17H2,1H3,(H,28,29). The molecule has 2 unspecified atom stereocenters. The van der Waals surface area contributed by atoms with Crippen LogP contribution in [0.2, 0.25) is 0 Å². The fourth-order valence-corrected chi connectivity index (χ4v) is 4.33. The van der Waals surface area contributed by atoms with E-state index in [2.05, 4.69) is 0 Å². The summed E-state index contributed by atoms with van der Waals surface area (Å²) in [5.74, 6) is 0.420. The molecule has 4 aromatic rings. The Morgan fingerprint density at radius 2 is 1.67 bits per heavy atom. The van der Waals surface area contributed by atoms with Crippen LogP contribution in [-0.4, -0.2) is 33.1 Å². The monoisotopic (exact) mass is 461 g/mol. The van der Waals surface area contributed by atoms with E-state index in [1.807, 2.05) is 66.7 Å². The molecule has 0 aliphatic carbocycles. The van der Waals surface area contributed by atoms with Crippen LogP contribution in [0, 0.1) is 0 Å². The van der Waals surface area contributed by atoms with Gasteiger partial charge in [-0.1, -0.05) is 72.8 Å². The fourth-order valence-electron chi connectivity index (χ4n) is 3.52. The third-order valence-corrected chi connectivity index (χ3v) is 6.25. The van der Waals surface area contributed by atoms with E-state index in [-0.39, 0.29) is 0 Å². The van der Waals surface area contributed by atoms with E-state index in [0.717, 1.165) is 16.7 Å². The number of aromatic nitrogens is 1. The summed E-state index contributed by atoms with van der Waals surface area (Å²) in [4.78, 5) is 15.6. The quantitative estimate of drug-likeness (QED) is 0.371. The maximum Gasteiger partial charge on any atom is 0.341 e. The highest BCUT2D eigenvalue weighted by molar-refractivity contribution is 7.84. The summed E-state index contributed by atoms with van der Waals surface area (Å²) in [5.41, 5.74) is 3.35. The van der Waals surface area contributed by atoms with Gasteiger partial charge in [0, 0.05) is 28.2 Å². The van der Waals surface area contributed by atoms with Crippen molar-refractivity contribution < 1.29 is 23.3 Å². The molecule has 33 heavy (non-hydrogen) atoms. The molecule has 0 saturated heterocycles. The van der Waals surface area contributed by atoms with E-state index in [0.29, 0.717) is 29.5 Å².